The first-order valence-corrected chi connectivity index (χ1v) is 9.73. The second-order valence-corrected chi connectivity index (χ2v) is 8.94. The third-order valence-corrected chi connectivity index (χ3v) is 6.23. The van der Waals surface area contributed by atoms with Crippen molar-refractivity contribution < 1.29 is 0 Å². The van der Waals surface area contributed by atoms with Crippen molar-refractivity contribution in [2.75, 3.05) is 12.3 Å². The lowest BCUT2D eigenvalue weighted by Crippen LogP contribution is -2.41. The van der Waals surface area contributed by atoms with Crippen LogP contribution in [0, 0.1) is 0 Å². The third kappa shape index (κ3) is 4.47. The molecular weight excluding hydrogens is 284 g/mol. The summed E-state index contributed by atoms with van der Waals surface area (Å²) >= 11 is 3.99. The number of nitrogens with zero attached hydrogens (tertiary/aromatic N) is 1. The molecule has 1 aromatic heterocycles. The van der Waals surface area contributed by atoms with E-state index < -0.39 is 0 Å². The summed E-state index contributed by atoms with van der Waals surface area (Å²) in [5.74, 6) is 1.33. The smallest absolute Gasteiger partial charge is 0.0944 e. The molecule has 2 nitrogen and oxygen atoms in total. The number of likely N-dealkylation sites (N-methyl/N-ethyl adjacent to an activating group) is 1. The third-order valence-electron chi connectivity index (χ3n) is 3.84. The zero-order valence-electron chi connectivity index (χ0n) is 13.2. The van der Waals surface area contributed by atoms with Crippen LogP contribution in [0.2, 0.25) is 0 Å². The molecule has 0 bridgehead atoms. The minimum absolute atomic E-state index is 0.169. The van der Waals surface area contributed by atoms with Crippen LogP contribution in [-0.2, 0) is 11.8 Å². The van der Waals surface area contributed by atoms with Crippen LogP contribution in [0.4, 0.5) is 0 Å². The van der Waals surface area contributed by atoms with Gasteiger partial charge < -0.3 is 5.32 Å². The van der Waals surface area contributed by atoms with E-state index in [2.05, 4.69) is 50.2 Å². The predicted molar refractivity (Wildman–Crippen MR) is 92.1 cm³/mol. The van der Waals surface area contributed by atoms with E-state index in [0.29, 0.717) is 6.04 Å². The summed E-state index contributed by atoms with van der Waals surface area (Å²) in [7, 11) is 0. The van der Waals surface area contributed by atoms with Gasteiger partial charge in [0.1, 0.15) is 0 Å². The molecule has 20 heavy (non-hydrogen) atoms. The number of nitrogens with one attached hydrogen (secondary N) is 1. The Morgan fingerprint density at radius 2 is 2.20 bits per heavy atom. The Kier molecular flexibility index (Phi) is 5.94. The summed E-state index contributed by atoms with van der Waals surface area (Å²) in [5, 5.41) is 8.00. The van der Waals surface area contributed by atoms with E-state index >= 15 is 0 Å². The largest absolute Gasteiger partial charge is 0.313 e. The second-order valence-electron chi connectivity index (χ2n) is 6.65. The Morgan fingerprint density at radius 1 is 1.40 bits per heavy atom. The number of thiazole rings is 1. The van der Waals surface area contributed by atoms with E-state index in [1.807, 2.05) is 11.3 Å². The Hall–Kier alpha value is -0.0600. The lowest BCUT2D eigenvalue weighted by Gasteiger charge is -2.30. The fourth-order valence-electron chi connectivity index (χ4n) is 2.62. The zero-order valence-corrected chi connectivity index (χ0v) is 14.9. The molecule has 4 heteroatoms. The standard InChI is InChI=1S/C16H28N2S2/c1-5-17-12(13-8-6-7-9-19-13)10-15-18-14(11-20-15)16(2,3)4/h11-13,17H,5-10H2,1-4H3. The predicted octanol–water partition coefficient (Wildman–Crippen LogP) is 4.25. The highest BCUT2D eigenvalue weighted by atomic mass is 32.2. The highest BCUT2D eigenvalue weighted by Gasteiger charge is 2.25. The van der Waals surface area contributed by atoms with Gasteiger partial charge in [-0.3, -0.25) is 0 Å². The molecular formula is C16H28N2S2. The Labute approximate surface area is 132 Å². The summed E-state index contributed by atoms with van der Waals surface area (Å²) in [6, 6.07) is 0.587. The van der Waals surface area contributed by atoms with Gasteiger partial charge in [0.25, 0.3) is 0 Å². The number of aromatic nitrogens is 1. The van der Waals surface area contributed by atoms with Gasteiger partial charge in [-0.25, -0.2) is 4.98 Å². The average molecular weight is 313 g/mol. The molecule has 114 valence electrons. The molecule has 0 radical (unpaired) electrons. The van der Waals surface area contributed by atoms with Crippen LogP contribution in [0.25, 0.3) is 0 Å². The van der Waals surface area contributed by atoms with Crippen molar-refractivity contribution in [3.63, 3.8) is 0 Å². The topological polar surface area (TPSA) is 24.9 Å². The molecule has 1 aliphatic rings. The number of hydrogen-bond donors (Lipinski definition) is 1. The van der Waals surface area contributed by atoms with Gasteiger partial charge in [-0.15, -0.1) is 11.3 Å². The molecule has 1 aliphatic heterocycles. The Bertz CT molecular complexity index is 403. The molecule has 0 aliphatic carbocycles. The summed E-state index contributed by atoms with van der Waals surface area (Å²) in [4.78, 5) is 4.87. The highest BCUT2D eigenvalue weighted by Crippen LogP contribution is 2.30. The molecule has 2 unspecified atom stereocenters. The molecule has 1 aromatic rings. The van der Waals surface area contributed by atoms with Crippen LogP contribution in [0.3, 0.4) is 0 Å². The fraction of sp³-hybridized carbons (Fsp3) is 0.812. The van der Waals surface area contributed by atoms with Gasteiger partial charge in [0.05, 0.1) is 10.7 Å². The minimum Gasteiger partial charge on any atom is -0.313 e. The lowest BCUT2D eigenvalue weighted by atomic mass is 9.93. The first-order chi connectivity index (χ1) is 9.50. The van der Waals surface area contributed by atoms with Crippen LogP contribution < -0.4 is 5.32 Å². The molecule has 0 saturated carbocycles. The normalized spacial score (nSPS) is 21.9. The van der Waals surface area contributed by atoms with Crippen LogP contribution >= 0.6 is 23.1 Å². The van der Waals surface area contributed by atoms with Gasteiger partial charge in [-0.1, -0.05) is 34.1 Å². The maximum absolute atomic E-state index is 4.87. The maximum atomic E-state index is 4.87. The molecule has 1 fully saturated rings. The molecule has 0 amide bonds. The first-order valence-electron chi connectivity index (χ1n) is 7.80. The number of rotatable bonds is 5. The van der Waals surface area contributed by atoms with E-state index in [-0.39, 0.29) is 5.41 Å². The summed E-state index contributed by atoms with van der Waals surface area (Å²) < 4.78 is 0. The Balaban J connectivity index is 2.01. The Morgan fingerprint density at radius 3 is 2.75 bits per heavy atom. The van der Waals surface area contributed by atoms with Crippen molar-refractivity contribution in [3.05, 3.63) is 16.1 Å². The van der Waals surface area contributed by atoms with Gasteiger partial charge in [0.2, 0.25) is 0 Å². The van der Waals surface area contributed by atoms with Crippen LogP contribution in [0.15, 0.2) is 5.38 Å². The average Bonchev–Trinajstić information content (AvgIpc) is 2.88. The number of thioether (sulfide) groups is 1. The molecule has 1 saturated heterocycles. The molecule has 2 rings (SSSR count). The van der Waals surface area contributed by atoms with Gasteiger partial charge >= 0.3 is 0 Å². The van der Waals surface area contributed by atoms with E-state index in [1.54, 1.807) is 0 Å². The maximum Gasteiger partial charge on any atom is 0.0944 e. The lowest BCUT2D eigenvalue weighted by molar-refractivity contribution is 0.470. The molecule has 0 aromatic carbocycles. The van der Waals surface area contributed by atoms with Gasteiger partial charge in [-0.2, -0.15) is 11.8 Å². The quantitative estimate of drug-likeness (QED) is 0.880. The van der Waals surface area contributed by atoms with Crippen LogP contribution in [0.1, 0.15) is 57.7 Å². The van der Waals surface area contributed by atoms with Crippen LogP contribution in [0.5, 0.6) is 0 Å². The molecule has 0 spiro atoms. The molecule has 2 heterocycles. The van der Waals surface area contributed by atoms with Crippen LogP contribution in [-0.4, -0.2) is 28.6 Å². The second kappa shape index (κ2) is 7.28. The van der Waals surface area contributed by atoms with E-state index in [4.69, 9.17) is 4.98 Å². The van der Waals surface area contributed by atoms with Crippen molar-refractivity contribution in [3.8, 4) is 0 Å². The fourth-order valence-corrected chi connectivity index (χ4v) is 5.13. The first kappa shape index (κ1) is 16.3. The van der Waals surface area contributed by atoms with E-state index in [1.165, 1.54) is 35.7 Å². The van der Waals surface area contributed by atoms with Crippen molar-refractivity contribution in [2.24, 2.45) is 0 Å². The highest BCUT2D eigenvalue weighted by molar-refractivity contribution is 8.00. The van der Waals surface area contributed by atoms with Crippen molar-refractivity contribution >= 4 is 23.1 Å². The van der Waals surface area contributed by atoms with Gasteiger partial charge in [-0.05, 0) is 25.1 Å². The van der Waals surface area contributed by atoms with Gasteiger partial charge in [0.15, 0.2) is 0 Å². The molecule has 1 N–H and O–H groups in total. The van der Waals surface area contributed by atoms with Crippen molar-refractivity contribution in [1.82, 2.24) is 10.3 Å². The summed E-state index contributed by atoms with van der Waals surface area (Å²) in [6.07, 6.45) is 5.24. The van der Waals surface area contributed by atoms with Crippen molar-refractivity contribution in [2.45, 2.75) is 70.1 Å². The summed E-state index contributed by atoms with van der Waals surface area (Å²) in [5.41, 5.74) is 1.41. The van der Waals surface area contributed by atoms with Crippen molar-refractivity contribution in [1.29, 1.82) is 0 Å². The summed E-state index contributed by atoms with van der Waals surface area (Å²) in [6.45, 7) is 9.99. The minimum atomic E-state index is 0.169. The monoisotopic (exact) mass is 312 g/mol. The molecule has 2 atom stereocenters. The van der Waals surface area contributed by atoms with E-state index in [0.717, 1.165) is 18.2 Å². The van der Waals surface area contributed by atoms with Gasteiger partial charge in [0, 0.05) is 28.5 Å². The van der Waals surface area contributed by atoms with E-state index in [9.17, 15) is 0 Å². The number of hydrogen-bond acceptors (Lipinski definition) is 4. The SMILES string of the molecule is CCNC(Cc1nc(C(C)(C)C)cs1)C1CCCCS1. The zero-order chi connectivity index (χ0) is 14.6.